The Kier molecular flexibility index (Phi) is 2.42. The maximum absolute atomic E-state index is 9.66. The van der Waals surface area contributed by atoms with Gasteiger partial charge in [0.2, 0.25) is 0 Å². The van der Waals surface area contributed by atoms with Crippen molar-refractivity contribution in [1.29, 1.82) is 0 Å². The van der Waals surface area contributed by atoms with Crippen LogP contribution in [0.15, 0.2) is 12.4 Å². The highest BCUT2D eigenvalue weighted by Crippen LogP contribution is 1.77. The molecule has 0 aromatic carbocycles. The van der Waals surface area contributed by atoms with Gasteiger partial charge in [-0.2, -0.15) is 15.0 Å². The Morgan fingerprint density at radius 1 is 1.50 bits per heavy atom. The van der Waals surface area contributed by atoms with Gasteiger partial charge in [0.25, 0.3) is 6.47 Å². The van der Waals surface area contributed by atoms with Crippen molar-refractivity contribution in [3.63, 3.8) is 0 Å². The number of hydrogen-bond acceptors (Lipinski definition) is 4. The molecule has 0 aliphatic rings. The van der Waals surface area contributed by atoms with E-state index in [1.54, 1.807) is 12.4 Å². The van der Waals surface area contributed by atoms with Gasteiger partial charge in [0.15, 0.2) is 0 Å². The Morgan fingerprint density at radius 2 is 2.20 bits per heavy atom. The Hall–Kier alpha value is -1.39. The van der Waals surface area contributed by atoms with Gasteiger partial charge < -0.3 is 4.74 Å². The van der Waals surface area contributed by atoms with E-state index in [-0.39, 0.29) is 0 Å². The minimum absolute atomic E-state index is 0.318. The number of nitrogens with zero attached hydrogens (tertiary/aromatic N) is 3. The smallest absolute Gasteiger partial charge is 0.293 e. The second-order valence-electron chi connectivity index (χ2n) is 1.59. The SMILES string of the molecule is O=COCCn1nccn1. The Morgan fingerprint density at radius 3 is 2.80 bits per heavy atom. The van der Waals surface area contributed by atoms with Crippen molar-refractivity contribution >= 4 is 6.47 Å². The summed E-state index contributed by atoms with van der Waals surface area (Å²) in [5.41, 5.74) is 0. The van der Waals surface area contributed by atoms with Crippen LogP contribution in [0, 0.1) is 0 Å². The van der Waals surface area contributed by atoms with Gasteiger partial charge in [0, 0.05) is 0 Å². The molecule has 5 nitrogen and oxygen atoms in total. The number of rotatable bonds is 4. The van der Waals surface area contributed by atoms with Crippen LogP contribution < -0.4 is 0 Å². The molecule has 0 saturated heterocycles. The van der Waals surface area contributed by atoms with Crippen LogP contribution in [0.2, 0.25) is 0 Å². The summed E-state index contributed by atoms with van der Waals surface area (Å²) >= 11 is 0. The summed E-state index contributed by atoms with van der Waals surface area (Å²) < 4.78 is 4.43. The van der Waals surface area contributed by atoms with Gasteiger partial charge in [0.1, 0.15) is 6.61 Å². The molecule has 0 bridgehead atoms. The van der Waals surface area contributed by atoms with Crippen LogP contribution in [0.25, 0.3) is 0 Å². The van der Waals surface area contributed by atoms with Gasteiger partial charge in [-0.05, 0) is 0 Å². The molecule has 0 N–H and O–H groups in total. The van der Waals surface area contributed by atoms with Crippen LogP contribution in [0.5, 0.6) is 0 Å². The summed E-state index contributed by atoms with van der Waals surface area (Å²) in [6, 6.07) is 0. The van der Waals surface area contributed by atoms with Gasteiger partial charge >= 0.3 is 0 Å². The van der Waals surface area contributed by atoms with Gasteiger partial charge in [0.05, 0.1) is 18.9 Å². The topological polar surface area (TPSA) is 57.0 Å². The first-order chi connectivity index (χ1) is 4.93. The zero-order chi connectivity index (χ0) is 7.23. The van der Waals surface area contributed by atoms with E-state index in [1.165, 1.54) is 4.80 Å². The van der Waals surface area contributed by atoms with E-state index in [2.05, 4.69) is 14.9 Å². The molecule has 1 rings (SSSR count). The lowest BCUT2D eigenvalue weighted by molar-refractivity contribution is -0.129. The molecule has 1 heterocycles. The van der Waals surface area contributed by atoms with Crippen LogP contribution in [0.1, 0.15) is 0 Å². The molecule has 1 aromatic heterocycles. The number of carbonyl (C=O) groups is 1. The molecule has 0 amide bonds. The monoisotopic (exact) mass is 141 g/mol. The van der Waals surface area contributed by atoms with Gasteiger partial charge in [-0.15, -0.1) is 0 Å². The van der Waals surface area contributed by atoms with Crippen LogP contribution in [-0.4, -0.2) is 28.1 Å². The molecule has 0 radical (unpaired) electrons. The van der Waals surface area contributed by atoms with E-state index in [0.29, 0.717) is 19.6 Å². The number of hydrogen-bond donors (Lipinski definition) is 0. The lowest BCUT2D eigenvalue weighted by atomic mass is 10.7. The van der Waals surface area contributed by atoms with E-state index in [1.807, 2.05) is 0 Å². The fourth-order valence-corrected chi connectivity index (χ4v) is 0.541. The number of carbonyl (C=O) groups excluding carboxylic acids is 1. The first-order valence-corrected chi connectivity index (χ1v) is 2.83. The van der Waals surface area contributed by atoms with Crippen molar-refractivity contribution < 1.29 is 9.53 Å². The van der Waals surface area contributed by atoms with Gasteiger partial charge in [-0.25, -0.2) is 0 Å². The zero-order valence-electron chi connectivity index (χ0n) is 5.30. The van der Waals surface area contributed by atoms with Crippen LogP contribution in [-0.2, 0) is 16.1 Å². The second-order valence-corrected chi connectivity index (χ2v) is 1.59. The first kappa shape index (κ1) is 6.73. The maximum atomic E-state index is 9.66. The summed E-state index contributed by atoms with van der Waals surface area (Å²) in [5.74, 6) is 0. The summed E-state index contributed by atoms with van der Waals surface area (Å²) in [6.07, 6.45) is 3.14. The third kappa shape index (κ3) is 1.85. The van der Waals surface area contributed by atoms with Crippen molar-refractivity contribution in [2.24, 2.45) is 0 Å². The van der Waals surface area contributed by atoms with E-state index < -0.39 is 0 Å². The molecular weight excluding hydrogens is 134 g/mol. The fourth-order valence-electron chi connectivity index (χ4n) is 0.541. The van der Waals surface area contributed by atoms with Crippen molar-refractivity contribution in [1.82, 2.24) is 15.0 Å². The summed E-state index contributed by atoms with van der Waals surface area (Å²) in [7, 11) is 0. The quantitative estimate of drug-likeness (QED) is 0.417. The van der Waals surface area contributed by atoms with Crippen molar-refractivity contribution in [3.8, 4) is 0 Å². The zero-order valence-corrected chi connectivity index (χ0v) is 5.30. The minimum atomic E-state index is 0.318. The van der Waals surface area contributed by atoms with E-state index in [4.69, 9.17) is 0 Å². The molecular formula is C5H7N3O2. The average molecular weight is 141 g/mol. The summed E-state index contributed by atoms with van der Waals surface area (Å²) in [6.45, 7) is 1.23. The molecule has 0 spiro atoms. The second kappa shape index (κ2) is 3.60. The standard InChI is InChI=1S/C5H7N3O2/c9-5-10-4-3-8-6-1-2-7-8/h1-2,5H,3-4H2. The van der Waals surface area contributed by atoms with Crippen LogP contribution in [0.3, 0.4) is 0 Å². The number of ether oxygens (including phenoxy) is 1. The fraction of sp³-hybridized carbons (Fsp3) is 0.400. The predicted molar refractivity (Wildman–Crippen MR) is 32.0 cm³/mol. The normalized spacial score (nSPS) is 9.20. The van der Waals surface area contributed by atoms with E-state index in [9.17, 15) is 4.79 Å². The summed E-state index contributed by atoms with van der Waals surface area (Å²) in [4.78, 5) is 11.1. The molecule has 0 fully saturated rings. The van der Waals surface area contributed by atoms with E-state index >= 15 is 0 Å². The molecule has 54 valence electrons. The molecule has 0 unspecified atom stereocenters. The molecule has 1 aromatic rings. The van der Waals surface area contributed by atoms with Crippen LogP contribution in [0.4, 0.5) is 0 Å². The third-order valence-corrected chi connectivity index (χ3v) is 0.944. The highest BCUT2D eigenvalue weighted by Gasteiger charge is 1.89. The Balaban J connectivity index is 2.21. The average Bonchev–Trinajstić information content (AvgIpc) is 2.41. The maximum Gasteiger partial charge on any atom is 0.293 e. The van der Waals surface area contributed by atoms with Crippen LogP contribution >= 0.6 is 0 Å². The highest BCUT2D eigenvalue weighted by atomic mass is 16.5. The third-order valence-electron chi connectivity index (χ3n) is 0.944. The van der Waals surface area contributed by atoms with Gasteiger partial charge in [-0.3, -0.25) is 4.79 Å². The molecule has 0 aliphatic heterocycles. The predicted octanol–water partition coefficient (Wildman–Crippen LogP) is -0.549. The minimum Gasteiger partial charge on any atom is -0.466 e. The largest absolute Gasteiger partial charge is 0.466 e. The molecule has 0 saturated carbocycles. The van der Waals surface area contributed by atoms with Crippen molar-refractivity contribution in [2.45, 2.75) is 6.54 Å². The highest BCUT2D eigenvalue weighted by molar-refractivity contribution is 5.36. The van der Waals surface area contributed by atoms with Gasteiger partial charge in [-0.1, -0.05) is 0 Å². The van der Waals surface area contributed by atoms with Crippen molar-refractivity contribution in [3.05, 3.63) is 12.4 Å². The molecule has 0 atom stereocenters. The van der Waals surface area contributed by atoms with E-state index in [0.717, 1.165) is 0 Å². The molecule has 0 aliphatic carbocycles. The summed E-state index contributed by atoms with van der Waals surface area (Å²) in [5, 5.41) is 7.60. The number of aromatic nitrogens is 3. The molecule has 10 heavy (non-hydrogen) atoms. The Labute approximate surface area is 57.6 Å². The van der Waals surface area contributed by atoms with Crippen molar-refractivity contribution in [2.75, 3.05) is 6.61 Å². The first-order valence-electron chi connectivity index (χ1n) is 2.83. The lowest BCUT2D eigenvalue weighted by Crippen LogP contribution is -2.07. The Bertz CT molecular complexity index is 185. The lowest BCUT2D eigenvalue weighted by Gasteiger charge is -1.95. The molecule has 5 heteroatoms.